The van der Waals surface area contributed by atoms with Gasteiger partial charge in [0.2, 0.25) is 0 Å². The smallest absolute Gasteiger partial charge is 0.0357 e. The van der Waals surface area contributed by atoms with Gasteiger partial charge in [0.15, 0.2) is 0 Å². The van der Waals surface area contributed by atoms with Crippen LogP contribution in [0.4, 0.5) is 0 Å². The van der Waals surface area contributed by atoms with Gasteiger partial charge in [-0.1, -0.05) is 20.8 Å². The second-order valence-electron chi connectivity index (χ2n) is 6.88. The Hall–Kier alpha value is 0.270. The van der Waals surface area contributed by atoms with Crippen LogP contribution >= 0.6 is 11.8 Å². The minimum absolute atomic E-state index is 0.216. The lowest BCUT2D eigenvalue weighted by molar-refractivity contribution is 0.0523. The van der Waals surface area contributed by atoms with Crippen LogP contribution in [0.3, 0.4) is 0 Å². The highest BCUT2D eigenvalue weighted by molar-refractivity contribution is 8.00. The maximum absolute atomic E-state index is 6.13. The molecule has 1 unspecified atom stereocenters. The lowest BCUT2D eigenvalue weighted by Crippen LogP contribution is -2.57. The fraction of sp³-hybridized carbons (Fsp3) is 1.00. The van der Waals surface area contributed by atoms with Gasteiger partial charge in [-0.3, -0.25) is 4.90 Å². The molecular formula is C14H28N2S. The molecule has 0 aromatic rings. The summed E-state index contributed by atoms with van der Waals surface area (Å²) in [6.45, 7) is 12.8. The van der Waals surface area contributed by atoms with Gasteiger partial charge in [0.1, 0.15) is 0 Å². The molecule has 0 aromatic carbocycles. The van der Waals surface area contributed by atoms with Gasteiger partial charge in [-0.15, -0.1) is 0 Å². The molecule has 0 radical (unpaired) electrons. The van der Waals surface area contributed by atoms with E-state index in [-0.39, 0.29) is 5.54 Å². The summed E-state index contributed by atoms with van der Waals surface area (Å²) >= 11 is 2.12. The Bertz CT molecular complexity index is 286. The zero-order valence-electron chi connectivity index (χ0n) is 11.9. The molecule has 3 heteroatoms. The van der Waals surface area contributed by atoms with E-state index in [2.05, 4.69) is 44.4 Å². The summed E-state index contributed by atoms with van der Waals surface area (Å²) in [5.41, 5.74) is 6.82. The molecule has 1 aliphatic carbocycles. The van der Waals surface area contributed by atoms with Crippen LogP contribution in [0.1, 0.15) is 47.0 Å². The SMILES string of the molecule is CC1(C)CCN(C(C)(CN)C2(C)CC2)CCS1. The predicted octanol–water partition coefficient (Wildman–Crippen LogP) is 2.72. The minimum Gasteiger partial charge on any atom is -0.329 e. The summed E-state index contributed by atoms with van der Waals surface area (Å²) in [6.07, 6.45) is 3.99. The van der Waals surface area contributed by atoms with Crippen LogP contribution in [0.2, 0.25) is 0 Å². The van der Waals surface area contributed by atoms with Crippen molar-refractivity contribution in [2.24, 2.45) is 11.1 Å². The van der Waals surface area contributed by atoms with Crippen LogP contribution in [0.15, 0.2) is 0 Å². The first kappa shape index (κ1) is 13.7. The van der Waals surface area contributed by atoms with E-state index in [0.29, 0.717) is 10.2 Å². The molecule has 0 bridgehead atoms. The molecule has 2 fully saturated rings. The topological polar surface area (TPSA) is 29.3 Å². The van der Waals surface area contributed by atoms with Crippen molar-refractivity contribution < 1.29 is 0 Å². The molecule has 2 N–H and O–H groups in total. The standard InChI is InChI=1S/C14H28N2S/c1-12(2)7-8-16(9-10-17-12)14(4,11-15)13(3)5-6-13/h5-11,15H2,1-4H3. The van der Waals surface area contributed by atoms with Crippen molar-refractivity contribution in [2.75, 3.05) is 25.4 Å². The molecule has 0 spiro atoms. The Kier molecular flexibility index (Phi) is 3.57. The molecule has 1 saturated carbocycles. The van der Waals surface area contributed by atoms with E-state index < -0.39 is 0 Å². The molecule has 1 atom stereocenters. The molecule has 1 saturated heterocycles. The lowest BCUT2D eigenvalue weighted by atomic mass is 9.81. The number of nitrogens with two attached hydrogens (primary N) is 1. The maximum atomic E-state index is 6.13. The van der Waals surface area contributed by atoms with Crippen molar-refractivity contribution in [3.63, 3.8) is 0 Å². The largest absolute Gasteiger partial charge is 0.329 e. The zero-order chi connectivity index (χ0) is 12.7. The van der Waals surface area contributed by atoms with Gasteiger partial charge in [0.25, 0.3) is 0 Å². The highest BCUT2D eigenvalue weighted by Gasteiger charge is 2.55. The summed E-state index contributed by atoms with van der Waals surface area (Å²) in [7, 11) is 0. The second-order valence-corrected chi connectivity index (χ2v) is 8.69. The van der Waals surface area contributed by atoms with Gasteiger partial charge < -0.3 is 5.73 Å². The van der Waals surface area contributed by atoms with Crippen LogP contribution in [-0.4, -0.2) is 40.6 Å². The van der Waals surface area contributed by atoms with Crippen molar-refractivity contribution >= 4 is 11.8 Å². The zero-order valence-corrected chi connectivity index (χ0v) is 12.7. The summed E-state index contributed by atoms with van der Waals surface area (Å²) in [5.74, 6) is 1.25. The fourth-order valence-electron chi connectivity index (χ4n) is 3.00. The summed E-state index contributed by atoms with van der Waals surface area (Å²) in [6, 6.07) is 0. The van der Waals surface area contributed by atoms with E-state index in [4.69, 9.17) is 5.73 Å². The van der Waals surface area contributed by atoms with Crippen LogP contribution in [0.5, 0.6) is 0 Å². The van der Waals surface area contributed by atoms with E-state index in [0.717, 1.165) is 6.54 Å². The number of hydrogen-bond acceptors (Lipinski definition) is 3. The van der Waals surface area contributed by atoms with Gasteiger partial charge in [-0.05, 0) is 31.6 Å². The third-order valence-corrected chi connectivity index (χ3v) is 6.61. The van der Waals surface area contributed by atoms with Crippen molar-refractivity contribution in [3.8, 4) is 0 Å². The van der Waals surface area contributed by atoms with E-state index >= 15 is 0 Å². The number of hydrogen-bond donors (Lipinski definition) is 1. The Morgan fingerprint density at radius 3 is 2.35 bits per heavy atom. The molecule has 2 nitrogen and oxygen atoms in total. The highest BCUT2D eigenvalue weighted by atomic mass is 32.2. The molecule has 1 aliphatic heterocycles. The minimum atomic E-state index is 0.216. The van der Waals surface area contributed by atoms with E-state index in [1.807, 2.05) is 0 Å². The summed E-state index contributed by atoms with van der Waals surface area (Å²) in [4.78, 5) is 2.68. The van der Waals surface area contributed by atoms with Crippen LogP contribution < -0.4 is 5.73 Å². The first-order valence-corrected chi connectivity index (χ1v) is 7.91. The van der Waals surface area contributed by atoms with E-state index in [1.54, 1.807) is 0 Å². The Morgan fingerprint density at radius 2 is 1.82 bits per heavy atom. The fourth-order valence-corrected chi connectivity index (χ4v) is 4.10. The molecule has 1 heterocycles. The Balaban J connectivity index is 2.10. The monoisotopic (exact) mass is 256 g/mol. The van der Waals surface area contributed by atoms with Crippen molar-refractivity contribution in [2.45, 2.75) is 57.2 Å². The third-order valence-electron chi connectivity index (χ3n) is 5.23. The number of nitrogens with zero attached hydrogens (tertiary/aromatic N) is 1. The molecule has 0 aromatic heterocycles. The molecule has 2 rings (SSSR count). The van der Waals surface area contributed by atoms with Crippen molar-refractivity contribution in [1.82, 2.24) is 4.90 Å². The molecule has 17 heavy (non-hydrogen) atoms. The van der Waals surface area contributed by atoms with Crippen molar-refractivity contribution in [3.05, 3.63) is 0 Å². The average molecular weight is 256 g/mol. The third kappa shape index (κ3) is 2.52. The van der Waals surface area contributed by atoms with Crippen LogP contribution in [-0.2, 0) is 0 Å². The molecule has 2 aliphatic rings. The van der Waals surface area contributed by atoms with Gasteiger partial charge in [-0.2, -0.15) is 11.8 Å². The normalized spacial score (nSPS) is 31.6. The highest BCUT2D eigenvalue weighted by Crippen LogP contribution is 2.56. The van der Waals surface area contributed by atoms with Crippen LogP contribution in [0.25, 0.3) is 0 Å². The van der Waals surface area contributed by atoms with Gasteiger partial charge in [-0.25, -0.2) is 0 Å². The number of thioether (sulfide) groups is 1. The molecule has 0 amide bonds. The summed E-state index contributed by atoms with van der Waals surface area (Å²) < 4.78 is 0.439. The maximum Gasteiger partial charge on any atom is 0.0357 e. The molecular weight excluding hydrogens is 228 g/mol. The quantitative estimate of drug-likeness (QED) is 0.842. The average Bonchev–Trinajstić information content (AvgIpc) is 3.03. The van der Waals surface area contributed by atoms with Gasteiger partial charge >= 0.3 is 0 Å². The summed E-state index contributed by atoms with van der Waals surface area (Å²) in [5, 5.41) is 0. The van der Waals surface area contributed by atoms with Crippen LogP contribution in [0, 0.1) is 5.41 Å². The first-order chi connectivity index (χ1) is 7.83. The van der Waals surface area contributed by atoms with Gasteiger partial charge in [0, 0.05) is 35.7 Å². The van der Waals surface area contributed by atoms with Gasteiger partial charge in [0.05, 0.1) is 0 Å². The Labute approximate surface area is 111 Å². The molecule has 100 valence electrons. The second kappa shape index (κ2) is 4.43. The number of rotatable bonds is 3. The Morgan fingerprint density at radius 1 is 1.18 bits per heavy atom. The van der Waals surface area contributed by atoms with E-state index in [1.165, 1.54) is 38.1 Å². The lowest BCUT2D eigenvalue weighted by Gasteiger charge is -2.45. The first-order valence-electron chi connectivity index (χ1n) is 6.92. The van der Waals surface area contributed by atoms with Crippen molar-refractivity contribution in [1.29, 1.82) is 0 Å². The van der Waals surface area contributed by atoms with E-state index in [9.17, 15) is 0 Å². The predicted molar refractivity (Wildman–Crippen MR) is 77.5 cm³/mol.